The van der Waals surface area contributed by atoms with Gasteiger partial charge in [-0.15, -0.1) is 5.10 Å². The molecular weight excluding hydrogens is 466 g/mol. The number of guanidine groups is 1. The van der Waals surface area contributed by atoms with E-state index in [1.54, 1.807) is 30.3 Å². The summed E-state index contributed by atoms with van der Waals surface area (Å²) in [6.07, 6.45) is 1.19. The predicted octanol–water partition coefficient (Wildman–Crippen LogP) is 3.59. The number of nitrogens with two attached hydrogens (primary N) is 2. The third kappa shape index (κ3) is 3.52. The summed E-state index contributed by atoms with van der Waals surface area (Å²) < 4.78 is 29.7. The molecule has 7 nitrogen and oxygen atoms in total. The Balaban J connectivity index is 2.12. The fourth-order valence-corrected chi connectivity index (χ4v) is 5.94. The van der Waals surface area contributed by atoms with Gasteiger partial charge in [0.2, 0.25) is 5.96 Å². The molecule has 4 N–H and O–H groups in total. The largest absolute Gasteiger partial charge is 0.369 e. The number of halogens is 1. The normalized spacial score (nSPS) is 17.1. The standard InChI is InChI=1S/C21H22BrN5O2S/c1-21(2)11-16(25-26-20(23)24)19-15-10-13(22)8-9-17(15)27(18(19)12-21)30(28,29)14-6-4-3-5-7-14/h3-10H,11-12H2,1-2H3,(H4,23,24,26). The highest BCUT2D eigenvalue weighted by atomic mass is 79.9. The van der Waals surface area contributed by atoms with Crippen LogP contribution in [0.4, 0.5) is 0 Å². The smallest absolute Gasteiger partial charge is 0.268 e. The maximum absolute atomic E-state index is 13.7. The topological polar surface area (TPSA) is 116 Å². The van der Waals surface area contributed by atoms with Gasteiger partial charge >= 0.3 is 0 Å². The second-order valence-corrected chi connectivity index (χ2v) is 10.9. The Morgan fingerprint density at radius 3 is 2.47 bits per heavy atom. The Morgan fingerprint density at radius 1 is 1.10 bits per heavy atom. The van der Waals surface area contributed by atoms with Crippen molar-refractivity contribution < 1.29 is 8.42 Å². The molecule has 0 fully saturated rings. The van der Waals surface area contributed by atoms with Crippen molar-refractivity contribution in [3.05, 3.63) is 64.3 Å². The van der Waals surface area contributed by atoms with E-state index in [1.165, 1.54) is 3.97 Å². The third-order valence-corrected chi connectivity index (χ3v) is 7.39. The van der Waals surface area contributed by atoms with Crippen molar-refractivity contribution >= 4 is 48.5 Å². The molecule has 4 rings (SSSR count). The average Bonchev–Trinajstić information content (AvgIpc) is 2.99. The molecule has 156 valence electrons. The minimum Gasteiger partial charge on any atom is -0.369 e. The van der Waals surface area contributed by atoms with E-state index in [0.717, 1.165) is 15.4 Å². The molecule has 0 amide bonds. The van der Waals surface area contributed by atoms with Crippen LogP contribution in [0.25, 0.3) is 10.9 Å². The SMILES string of the molecule is CC1(C)CC(=NN=C(N)N)c2c(n(S(=O)(=O)c3ccccc3)c3ccc(Br)cc23)C1. The predicted molar refractivity (Wildman–Crippen MR) is 123 cm³/mol. The number of hydrogen-bond donors (Lipinski definition) is 2. The van der Waals surface area contributed by atoms with Gasteiger partial charge in [-0.3, -0.25) is 0 Å². The van der Waals surface area contributed by atoms with Crippen LogP contribution >= 0.6 is 15.9 Å². The first-order valence-corrected chi connectivity index (χ1v) is 11.6. The van der Waals surface area contributed by atoms with E-state index in [0.29, 0.717) is 29.8 Å². The molecule has 1 heterocycles. The van der Waals surface area contributed by atoms with E-state index in [-0.39, 0.29) is 16.3 Å². The number of nitrogens with zero attached hydrogens (tertiary/aromatic N) is 3. The molecule has 0 atom stereocenters. The molecular formula is C21H22BrN5O2S. The van der Waals surface area contributed by atoms with Crippen LogP contribution in [0.15, 0.2) is 68.1 Å². The molecule has 0 bridgehead atoms. The Morgan fingerprint density at radius 2 is 1.80 bits per heavy atom. The molecule has 0 unspecified atom stereocenters. The monoisotopic (exact) mass is 487 g/mol. The lowest BCUT2D eigenvalue weighted by Crippen LogP contribution is -2.30. The van der Waals surface area contributed by atoms with Crippen molar-refractivity contribution in [2.45, 2.75) is 31.6 Å². The first-order valence-electron chi connectivity index (χ1n) is 9.39. The Bertz CT molecular complexity index is 1300. The first kappa shape index (κ1) is 20.6. The molecule has 0 radical (unpaired) electrons. The van der Waals surface area contributed by atoms with Crippen LogP contribution < -0.4 is 11.5 Å². The van der Waals surface area contributed by atoms with Gasteiger partial charge in [0.25, 0.3) is 10.0 Å². The van der Waals surface area contributed by atoms with Crippen LogP contribution in [-0.2, 0) is 16.4 Å². The maximum atomic E-state index is 13.7. The zero-order valence-electron chi connectivity index (χ0n) is 16.6. The Kier molecular flexibility index (Phi) is 4.98. The van der Waals surface area contributed by atoms with E-state index in [9.17, 15) is 8.42 Å². The summed E-state index contributed by atoms with van der Waals surface area (Å²) in [6, 6.07) is 14.0. The second kappa shape index (κ2) is 7.24. The lowest BCUT2D eigenvalue weighted by molar-refractivity contribution is 0.367. The van der Waals surface area contributed by atoms with Gasteiger partial charge in [-0.05, 0) is 48.6 Å². The average molecular weight is 488 g/mol. The molecule has 0 spiro atoms. The molecule has 1 aliphatic rings. The summed E-state index contributed by atoms with van der Waals surface area (Å²) in [4.78, 5) is 0.235. The second-order valence-electron chi connectivity index (χ2n) is 8.15. The van der Waals surface area contributed by atoms with Crippen molar-refractivity contribution in [2.75, 3.05) is 0 Å². The number of hydrogen-bond acceptors (Lipinski definition) is 4. The summed E-state index contributed by atoms with van der Waals surface area (Å²) in [5, 5.41) is 8.95. The fraction of sp³-hybridized carbons (Fsp3) is 0.238. The zero-order valence-corrected chi connectivity index (χ0v) is 19.0. The van der Waals surface area contributed by atoms with Crippen molar-refractivity contribution in [2.24, 2.45) is 27.1 Å². The molecule has 1 aromatic heterocycles. The fourth-order valence-electron chi connectivity index (χ4n) is 4.00. The van der Waals surface area contributed by atoms with E-state index in [1.807, 2.05) is 18.2 Å². The number of aromatic nitrogens is 1. The molecule has 0 saturated heterocycles. The van der Waals surface area contributed by atoms with Crippen LogP contribution in [0.3, 0.4) is 0 Å². The minimum absolute atomic E-state index is 0.144. The number of fused-ring (bicyclic) bond motifs is 3. The summed E-state index contributed by atoms with van der Waals surface area (Å²) in [5.41, 5.74) is 13.5. The van der Waals surface area contributed by atoms with Crippen LogP contribution in [0.2, 0.25) is 0 Å². The van der Waals surface area contributed by atoms with E-state index < -0.39 is 10.0 Å². The quantitative estimate of drug-likeness (QED) is 0.333. The van der Waals surface area contributed by atoms with Crippen molar-refractivity contribution in [1.82, 2.24) is 3.97 Å². The molecule has 0 aliphatic heterocycles. The highest BCUT2D eigenvalue weighted by Gasteiger charge is 2.37. The number of rotatable bonds is 3. The van der Waals surface area contributed by atoms with E-state index in [2.05, 4.69) is 40.0 Å². The molecule has 3 aromatic rings. The van der Waals surface area contributed by atoms with Gasteiger partial charge in [0.05, 0.1) is 16.1 Å². The van der Waals surface area contributed by atoms with Gasteiger partial charge in [0, 0.05) is 21.1 Å². The highest BCUT2D eigenvalue weighted by molar-refractivity contribution is 9.10. The van der Waals surface area contributed by atoms with Crippen LogP contribution in [0.1, 0.15) is 31.5 Å². The van der Waals surface area contributed by atoms with Gasteiger partial charge in [-0.25, -0.2) is 12.4 Å². The van der Waals surface area contributed by atoms with Crippen LogP contribution in [0.5, 0.6) is 0 Å². The zero-order chi connectivity index (χ0) is 21.7. The molecule has 2 aromatic carbocycles. The van der Waals surface area contributed by atoms with Crippen LogP contribution in [-0.4, -0.2) is 24.1 Å². The summed E-state index contributed by atoms with van der Waals surface area (Å²) in [7, 11) is -3.82. The lowest BCUT2D eigenvalue weighted by atomic mass is 9.75. The lowest BCUT2D eigenvalue weighted by Gasteiger charge is -2.31. The van der Waals surface area contributed by atoms with Crippen molar-refractivity contribution in [3.63, 3.8) is 0 Å². The van der Waals surface area contributed by atoms with Crippen molar-refractivity contribution in [1.29, 1.82) is 0 Å². The van der Waals surface area contributed by atoms with E-state index in [4.69, 9.17) is 11.5 Å². The molecule has 1 aliphatic carbocycles. The van der Waals surface area contributed by atoms with Gasteiger partial charge in [-0.2, -0.15) is 5.10 Å². The summed E-state index contributed by atoms with van der Waals surface area (Å²) >= 11 is 3.50. The summed E-state index contributed by atoms with van der Waals surface area (Å²) in [5.74, 6) is -0.144. The third-order valence-electron chi connectivity index (χ3n) is 5.13. The molecule has 9 heteroatoms. The molecule has 30 heavy (non-hydrogen) atoms. The van der Waals surface area contributed by atoms with Crippen molar-refractivity contribution in [3.8, 4) is 0 Å². The van der Waals surface area contributed by atoms with E-state index >= 15 is 0 Å². The first-order chi connectivity index (χ1) is 14.1. The number of benzene rings is 2. The Labute approximate surface area is 183 Å². The minimum atomic E-state index is -3.82. The van der Waals surface area contributed by atoms with Gasteiger partial charge < -0.3 is 11.5 Å². The van der Waals surface area contributed by atoms with Crippen LogP contribution in [0, 0.1) is 5.41 Å². The van der Waals surface area contributed by atoms with Gasteiger partial charge in [0.15, 0.2) is 0 Å². The maximum Gasteiger partial charge on any atom is 0.268 e. The van der Waals surface area contributed by atoms with Gasteiger partial charge in [0.1, 0.15) is 0 Å². The Hall–Kier alpha value is -2.65. The summed E-state index contributed by atoms with van der Waals surface area (Å²) in [6.45, 7) is 4.15. The van der Waals surface area contributed by atoms with Gasteiger partial charge in [-0.1, -0.05) is 48.0 Å². The molecule has 0 saturated carbocycles. The highest BCUT2D eigenvalue weighted by Crippen LogP contribution is 2.42.